The number of likely N-dealkylation sites (tertiary alicyclic amines) is 1. The number of rotatable bonds is 3. The number of nitrogens with zero attached hydrogens (tertiary/aromatic N) is 2. The van der Waals surface area contributed by atoms with E-state index in [1.54, 1.807) is 0 Å². The quantitative estimate of drug-likeness (QED) is 0.788. The van der Waals surface area contributed by atoms with Gasteiger partial charge < -0.3 is 9.64 Å². The Morgan fingerprint density at radius 3 is 3.12 bits per heavy atom. The van der Waals surface area contributed by atoms with Crippen LogP contribution < -0.4 is 0 Å². The second kappa shape index (κ2) is 4.34. The van der Waals surface area contributed by atoms with E-state index in [0.29, 0.717) is 18.8 Å². The zero-order valence-corrected chi connectivity index (χ0v) is 8.65. The number of amides is 1. The summed E-state index contributed by atoms with van der Waals surface area (Å²) >= 11 is 0. The van der Waals surface area contributed by atoms with Crippen LogP contribution in [0.2, 0.25) is 0 Å². The Bertz CT molecular complexity index is 399. The summed E-state index contributed by atoms with van der Waals surface area (Å²) in [4.78, 5) is 12.8. The molecule has 0 radical (unpaired) electrons. The van der Waals surface area contributed by atoms with Crippen molar-refractivity contribution in [2.75, 3.05) is 19.7 Å². The molecule has 1 aromatic heterocycles. The lowest BCUT2D eigenvalue weighted by atomic mass is 9.97. The molecule has 1 aliphatic rings. The molecule has 0 bridgehead atoms. The number of aromatic nitrogens is 2. The first-order valence-corrected chi connectivity index (χ1v) is 4.93. The Balaban J connectivity index is 1.84. The van der Waals surface area contributed by atoms with Crippen LogP contribution in [0.25, 0.3) is 0 Å². The van der Waals surface area contributed by atoms with Crippen molar-refractivity contribution in [3.8, 4) is 0 Å². The van der Waals surface area contributed by atoms with E-state index in [1.165, 1.54) is 11.0 Å². The summed E-state index contributed by atoms with van der Waals surface area (Å²) in [5.41, 5.74) is 0.452. The summed E-state index contributed by atoms with van der Waals surface area (Å²) in [6.07, 6.45) is 2.24. The van der Waals surface area contributed by atoms with Gasteiger partial charge in [0.15, 0.2) is 5.82 Å². The Morgan fingerprint density at radius 2 is 2.56 bits per heavy atom. The van der Waals surface area contributed by atoms with Gasteiger partial charge in [0, 0.05) is 19.0 Å². The maximum Gasteiger partial charge on any atom is 0.410 e. The van der Waals surface area contributed by atoms with Crippen LogP contribution in [-0.2, 0) is 4.74 Å². The number of ether oxygens (including phenoxy) is 1. The van der Waals surface area contributed by atoms with Gasteiger partial charge in [-0.25, -0.2) is 9.18 Å². The lowest BCUT2D eigenvalue weighted by Gasteiger charge is -2.37. The van der Waals surface area contributed by atoms with Crippen molar-refractivity contribution in [2.24, 2.45) is 0 Å². The molecular weight excluding hydrogens is 213 g/mol. The second-order valence-corrected chi connectivity index (χ2v) is 3.60. The average molecular weight is 225 g/mol. The Morgan fingerprint density at radius 1 is 1.81 bits per heavy atom. The molecule has 1 aromatic rings. The lowest BCUT2D eigenvalue weighted by Crippen LogP contribution is -2.49. The smallest absolute Gasteiger partial charge is 0.410 e. The zero-order valence-electron chi connectivity index (χ0n) is 8.65. The standard InChI is InChI=1S/C10H12FN3O2/c1-2-3-16-10(15)14-5-7(6-14)9-8(11)4-12-13-9/h2,4,7H,1,3,5-6H2,(H,12,13). The molecule has 0 saturated carbocycles. The minimum atomic E-state index is -0.393. The lowest BCUT2D eigenvalue weighted by molar-refractivity contribution is 0.0777. The molecule has 0 spiro atoms. The molecule has 1 N–H and O–H groups in total. The van der Waals surface area contributed by atoms with Gasteiger partial charge in [0.1, 0.15) is 6.61 Å². The van der Waals surface area contributed by atoms with E-state index in [0.717, 1.165) is 6.20 Å². The number of carbonyl (C=O) groups is 1. The minimum Gasteiger partial charge on any atom is -0.445 e. The fourth-order valence-electron chi connectivity index (χ4n) is 1.60. The molecule has 0 atom stereocenters. The SMILES string of the molecule is C=CCOC(=O)N1CC(c2[nH]ncc2F)C1. The molecule has 1 aliphatic heterocycles. The molecule has 0 aliphatic carbocycles. The van der Waals surface area contributed by atoms with Crippen LogP contribution >= 0.6 is 0 Å². The van der Waals surface area contributed by atoms with Gasteiger partial charge >= 0.3 is 6.09 Å². The van der Waals surface area contributed by atoms with E-state index in [9.17, 15) is 9.18 Å². The van der Waals surface area contributed by atoms with E-state index < -0.39 is 6.09 Å². The van der Waals surface area contributed by atoms with Gasteiger partial charge in [-0.05, 0) is 0 Å². The van der Waals surface area contributed by atoms with Gasteiger partial charge in [-0.3, -0.25) is 5.10 Å². The average Bonchev–Trinajstić information content (AvgIpc) is 2.60. The van der Waals surface area contributed by atoms with Crippen molar-refractivity contribution in [2.45, 2.75) is 5.92 Å². The summed E-state index contributed by atoms with van der Waals surface area (Å²) in [7, 11) is 0. The van der Waals surface area contributed by atoms with E-state index in [2.05, 4.69) is 16.8 Å². The number of hydrogen-bond acceptors (Lipinski definition) is 3. The van der Waals surface area contributed by atoms with E-state index >= 15 is 0 Å². The summed E-state index contributed by atoms with van der Waals surface area (Å²) in [6, 6.07) is 0. The molecular formula is C10H12FN3O2. The van der Waals surface area contributed by atoms with Crippen molar-refractivity contribution in [3.63, 3.8) is 0 Å². The van der Waals surface area contributed by atoms with Crippen LogP contribution in [0.4, 0.5) is 9.18 Å². The van der Waals surface area contributed by atoms with Crippen LogP contribution in [-0.4, -0.2) is 40.9 Å². The fourth-order valence-corrected chi connectivity index (χ4v) is 1.60. The molecule has 2 heterocycles. The van der Waals surface area contributed by atoms with Crippen molar-refractivity contribution in [3.05, 3.63) is 30.4 Å². The Hall–Kier alpha value is -1.85. The van der Waals surface area contributed by atoms with Crippen molar-refractivity contribution >= 4 is 6.09 Å². The van der Waals surface area contributed by atoms with Gasteiger partial charge in [-0.15, -0.1) is 0 Å². The zero-order chi connectivity index (χ0) is 11.5. The second-order valence-electron chi connectivity index (χ2n) is 3.60. The predicted octanol–water partition coefficient (Wildman–Crippen LogP) is 1.27. The number of carbonyl (C=O) groups excluding carboxylic acids is 1. The first-order valence-electron chi connectivity index (χ1n) is 4.93. The molecule has 1 fully saturated rings. The fraction of sp³-hybridized carbons (Fsp3) is 0.400. The van der Waals surface area contributed by atoms with Crippen molar-refractivity contribution in [1.29, 1.82) is 0 Å². The van der Waals surface area contributed by atoms with Crippen LogP contribution in [0.5, 0.6) is 0 Å². The third-order valence-corrected chi connectivity index (χ3v) is 2.49. The van der Waals surface area contributed by atoms with E-state index in [-0.39, 0.29) is 18.3 Å². The third-order valence-electron chi connectivity index (χ3n) is 2.49. The maximum absolute atomic E-state index is 13.1. The highest BCUT2D eigenvalue weighted by molar-refractivity contribution is 5.69. The number of hydrogen-bond donors (Lipinski definition) is 1. The van der Waals surface area contributed by atoms with Gasteiger partial charge in [0.25, 0.3) is 0 Å². The van der Waals surface area contributed by atoms with E-state index in [4.69, 9.17) is 4.74 Å². The van der Waals surface area contributed by atoms with Crippen molar-refractivity contribution < 1.29 is 13.9 Å². The third kappa shape index (κ3) is 1.91. The number of aromatic amines is 1. The Kier molecular flexibility index (Phi) is 2.89. The van der Waals surface area contributed by atoms with Crippen LogP contribution in [0.3, 0.4) is 0 Å². The number of H-pyrrole nitrogens is 1. The van der Waals surface area contributed by atoms with Crippen LogP contribution in [0.1, 0.15) is 11.6 Å². The maximum atomic E-state index is 13.1. The van der Waals surface area contributed by atoms with Gasteiger partial charge in [-0.1, -0.05) is 12.7 Å². The van der Waals surface area contributed by atoms with Gasteiger partial charge in [0.05, 0.1) is 11.9 Å². The first kappa shape index (κ1) is 10.7. The largest absolute Gasteiger partial charge is 0.445 e. The van der Waals surface area contributed by atoms with Gasteiger partial charge in [0.2, 0.25) is 0 Å². The molecule has 5 nitrogen and oxygen atoms in total. The predicted molar refractivity (Wildman–Crippen MR) is 54.4 cm³/mol. The summed E-state index contributed by atoms with van der Waals surface area (Å²) in [5.74, 6) is -0.372. The van der Waals surface area contributed by atoms with Crippen LogP contribution in [0, 0.1) is 5.82 Å². The topological polar surface area (TPSA) is 58.2 Å². The van der Waals surface area contributed by atoms with Crippen LogP contribution in [0.15, 0.2) is 18.9 Å². The molecule has 16 heavy (non-hydrogen) atoms. The summed E-state index contributed by atoms with van der Waals surface area (Å²) in [6.45, 7) is 4.54. The molecule has 2 rings (SSSR count). The molecule has 1 amide bonds. The highest BCUT2D eigenvalue weighted by atomic mass is 19.1. The summed E-state index contributed by atoms with van der Waals surface area (Å²) < 4.78 is 18.0. The molecule has 86 valence electrons. The normalized spacial score (nSPS) is 15.7. The minimum absolute atomic E-state index is 0.0150. The van der Waals surface area contributed by atoms with Crippen molar-refractivity contribution in [1.82, 2.24) is 15.1 Å². The number of halogens is 1. The Labute approximate surface area is 91.9 Å². The molecule has 0 aromatic carbocycles. The highest BCUT2D eigenvalue weighted by Gasteiger charge is 2.35. The molecule has 0 unspecified atom stereocenters. The first-order chi connectivity index (χ1) is 7.72. The highest BCUT2D eigenvalue weighted by Crippen LogP contribution is 2.27. The molecule has 6 heteroatoms. The summed E-state index contributed by atoms with van der Waals surface area (Å²) in [5, 5.41) is 6.19. The number of nitrogens with one attached hydrogen (secondary N) is 1. The monoisotopic (exact) mass is 225 g/mol. The van der Waals surface area contributed by atoms with E-state index in [1.807, 2.05) is 0 Å². The molecule has 1 saturated heterocycles. The van der Waals surface area contributed by atoms with Gasteiger partial charge in [-0.2, -0.15) is 5.10 Å².